The lowest BCUT2D eigenvalue weighted by Crippen LogP contribution is -2.53. The molecule has 0 aliphatic carbocycles. The average molecular weight is 677 g/mol. The number of piperazine rings is 1. The second-order valence-corrected chi connectivity index (χ2v) is 12.6. The van der Waals surface area contributed by atoms with Gasteiger partial charge in [-0.3, -0.25) is 19.4 Å². The van der Waals surface area contributed by atoms with Gasteiger partial charge in [0.05, 0.1) is 36.8 Å². The molecule has 3 saturated heterocycles. The van der Waals surface area contributed by atoms with E-state index in [0.717, 1.165) is 64.3 Å². The highest BCUT2D eigenvalue weighted by atomic mass is 35.5. The minimum Gasteiger partial charge on any atom is -0.494 e. The molecular formula is C35H42ClFN8O3. The van der Waals surface area contributed by atoms with Crippen LogP contribution in [0.4, 0.5) is 33.1 Å². The highest BCUT2D eigenvalue weighted by Gasteiger charge is 2.32. The van der Waals surface area contributed by atoms with Gasteiger partial charge in [-0.05, 0) is 37.1 Å². The first-order chi connectivity index (χ1) is 23.4. The van der Waals surface area contributed by atoms with Crippen LogP contribution < -0.4 is 25.3 Å². The maximum absolute atomic E-state index is 14.8. The van der Waals surface area contributed by atoms with Crippen molar-refractivity contribution >= 4 is 46.2 Å². The van der Waals surface area contributed by atoms with Gasteiger partial charge < -0.3 is 20.3 Å². The Morgan fingerprint density at radius 1 is 1.06 bits per heavy atom. The lowest BCUT2D eigenvalue weighted by Gasteiger charge is -2.43. The summed E-state index contributed by atoms with van der Waals surface area (Å²) in [7, 11) is 1.61. The van der Waals surface area contributed by atoms with Crippen LogP contribution in [0.5, 0.6) is 5.75 Å². The van der Waals surface area contributed by atoms with Crippen LogP contribution in [-0.4, -0.2) is 91.2 Å². The Bertz CT molecular complexity index is 1630. The van der Waals surface area contributed by atoms with Gasteiger partial charge in [-0.2, -0.15) is 0 Å². The van der Waals surface area contributed by atoms with Crippen LogP contribution in [0.1, 0.15) is 30.9 Å². The molecule has 0 spiro atoms. The number of aromatic nitrogens is 2. The number of ether oxygens (including phenoxy) is 1. The van der Waals surface area contributed by atoms with E-state index in [9.17, 15) is 9.18 Å². The predicted octanol–water partition coefficient (Wildman–Crippen LogP) is 5.80. The third-order valence-corrected chi connectivity index (χ3v) is 9.48. The zero-order valence-electron chi connectivity index (χ0n) is 27.2. The van der Waals surface area contributed by atoms with E-state index in [4.69, 9.17) is 21.2 Å². The van der Waals surface area contributed by atoms with Crippen LogP contribution >= 0.6 is 11.6 Å². The summed E-state index contributed by atoms with van der Waals surface area (Å²) in [5.74, 6) is 0.800. The molecule has 0 bridgehead atoms. The molecule has 0 unspecified atom stereocenters. The second kappa shape index (κ2) is 15.3. The van der Waals surface area contributed by atoms with Crippen molar-refractivity contribution in [3.63, 3.8) is 0 Å². The number of amides is 1. The zero-order chi connectivity index (χ0) is 33.6. The molecule has 3 aliphatic heterocycles. The monoisotopic (exact) mass is 676 g/mol. The number of piperidine rings is 1. The zero-order valence-corrected chi connectivity index (χ0v) is 28.0. The molecule has 3 aromatic rings. The molecule has 48 heavy (non-hydrogen) atoms. The molecule has 3 aliphatic rings. The summed E-state index contributed by atoms with van der Waals surface area (Å²) < 4.78 is 20.7. The maximum atomic E-state index is 14.8. The number of methoxy groups -OCH3 is 1. The number of hydrogen-bond acceptors (Lipinski definition) is 10. The minimum atomic E-state index is -0.402. The first-order valence-corrected chi connectivity index (χ1v) is 16.7. The molecule has 1 amide bonds. The third kappa shape index (κ3) is 7.57. The average Bonchev–Trinajstić information content (AvgIpc) is 3.59. The van der Waals surface area contributed by atoms with Crippen LogP contribution in [-0.2, 0) is 9.63 Å². The fraction of sp³-hybridized carbons (Fsp3) is 0.400. The molecule has 6 rings (SSSR count). The fourth-order valence-corrected chi connectivity index (χ4v) is 6.93. The maximum Gasteiger partial charge on any atom is 0.247 e. The molecule has 13 heteroatoms. The highest BCUT2D eigenvalue weighted by Crippen LogP contribution is 2.41. The van der Waals surface area contributed by atoms with Gasteiger partial charge in [0.15, 0.2) is 5.82 Å². The highest BCUT2D eigenvalue weighted by molar-refractivity contribution is 6.30. The number of benzene rings is 2. The van der Waals surface area contributed by atoms with E-state index in [-0.39, 0.29) is 11.9 Å². The van der Waals surface area contributed by atoms with Gasteiger partial charge in [0.1, 0.15) is 23.7 Å². The van der Waals surface area contributed by atoms with Crippen molar-refractivity contribution < 1.29 is 18.8 Å². The molecule has 1 aromatic heterocycles. The Kier molecular flexibility index (Phi) is 10.8. The Hall–Kier alpha value is -4.23. The lowest BCUT2D eigenvalue weighted by molar-refractivity contribution is -0.111. The Labute approximate surface area is 285 Å². The van der Waals surface area contributed by atoms with Gasteiger partial charge in [-0.1, -0.05) is 30.3 Å². The van der Waals surface area contributed by atoms with Gasteiger partial charge in [0, 0.05) is 81.0 Å². The Balaban J connectivity index is 1.20. The summed E-state index contributed by atoms with van der Waals surface area (Å²) in [5, 5.41) is 8.24. The van der Waals surface area contributed by atoms with E-state index >= 15 is 0 Å². The van der Waals surface area contributed by atoms with Crippen molar-refractivity contribution in [1.29, 1.82) is 0 Å². The minimum absolute atomic E-state index is 0.310. The number of hydrogen-bond donors (Lipinski definition) is 2. The molecule has 2 aromatic carbocycles. The summed E-state index contributed by atoms with van der Waals surface area (Å²) in [6.45, 7) is 14.8. The van der Waals surface area contributed by atoms with Gasteiger partial charge in [-0.25, -0.2) is 19.4 Å². The number of hydroxylamine groups is 1. The summed E-state index contributed by atoms with van der Waals surface area (Å²) in [5.41, 5.74) is 2.58. The van der Waals surface area contributed by atoms with Crippen LogP contribution in [0.3, 0.4) is 0 Å². The summed E-state index contributed by atoms with van der Waals surface area (Å²) in [4.78, 5) is 34.6. The second-order valence-electron chi connectivity index (χ2n) is 12.1. The van der Waals surface area contributed by atoms with Crippen molar-refractivity contribution in [3.8, 4) is 5.75 Å². The van der Waals surface area contributed by atoms with E-state index in [0.29, 0.717) is 58.4 Å². The fourth-order valence-electron chi connectivity index (χ4n) is 6.77. The summed E-state index contributed by atoms with van der Waals surface area (Å²) >= 11 is 5.99. The Morgan fingerprint density at radius 3 is 2.56 bits per heavy atom. The molecule has 1 atom stereocenters. The molecule has 0 saturated carbocycles. The molecule has 4 heterocycles. The number of carbonyl (C=O) groups excluding carboxylic acids is 1. The van der Waals surface area contributed by atoms with Crippen LogP contribution in [0, 0.1) is 5.82 Å². The van der Waals surface area contributed by atoms with Crippen LogP contribution in [0.2, 0.25) is 5.02 Å². The smallest absolute Gasteiger partial charge is 0.247 e. The normalized spacial score (nSPS) is 19.3. The Morgan fingerprint density at radius 2 is 1.85 bits per heavy atom. The largest absolute Gasteiger partial charge is 0.494 e. The lowest BCUT2D eigenvalue weighted by atomic mass is 10.0. The van der Waals surface area contributed by atoms with Crippen molar-refractivity contribution in [2.45, 2.75) is 31.3 Å². The standard InChI is InChI=1S/C35H42ClFN8O3/c1-4-11-42-14-16-43(17-15-42)25-8-12-44(13-9-25)31-21-32(47-3)29(20-28(31)41-35(46)5-2)40-33-22-34(39-23-38-33)45-30(10-18-48-45)26-7-6-24(36)19-27(26)37/h4-7,19-23,25,30H,1-2,8-18H2,3H3,(H,41,46)(H,38,39,40)/t30-/m1/s1. The van der Waals surface area contributed by atoms with Crippen LogP contribution in [0.25, 0.3) is 0 Å². The molecule has 254 valence electrons. The predicted molar refractivity (Wildman–Crippen MR) is 188 cm³/mol. The van der Waals surface area contributed by atoms with Gasteiger partial charge in [0.25, 0.3) is 0 Å². The van der Waals surface area contributed by atoms with Crippen LogP contribution in [0.15, 0.2) is 68.0 Å². The van der Waals surface area contributed by atoms with Gasteiger partial charge >= 0.3 is 0 Å². The van der Waals surface area contributed by atoms with E-state index in [1.54, 1.807) is 30.4 Å². The quantitative estimate of drug-likeness (QED) is 0.192. The van der Waals surface area contributed by atoms with Crippen molar-refractivity contribution in [3.05, 3.63) is 84.4 Å². The number of nitrogens with zero attached hydrogens (tertiary/aromatic N) is 6. The number of carbonyl (C=O) groups is 1. The topological polar surface area (TPSA) is 98.3 Å². The molecule has 0 radical (unpaired) electrons. The number of rotatable bonds is 11. The number of halogens is 2. The van der Waals surface area contributed by atoms with Crippen molar-refractivity contribution in [2.75, 3.05) is 80.1 Å². The summed E-state index contributed by atoms with van der Waals surface area (Å²) in [6.07, 6.45) is 7.29. The van der Waals surface area contributed by atoms with Crippen molar-refractivity contribution in [1.82, 2.24) is 19.8 Å². The molecular weight excluding hydrogens is 635 g/mol. The van der Waals surface area contributed by atoms with E-state index in [1.165, 1.54) is 18.5 Å². The summed E-state index contributed by atoms with van der Waals surface area (Å²) in [6, 6.07) is 10.3. The van der Waals surface area contributed by atoms with Gasteiger partial charge in [0.2, 0.25) is 5.91 Å². The number of anilines is 5. The van der Waals surface area contributed by atoms with E-state index in [1.807, 2.05) is 18.2 Å². The molecule has 2 N–H and O–H groups in total. The first-order valence-electron chi connectivity index (χ1n) is 16.3. The van der Waals surface area contributed by atoms with E-state index < -0.39 is 5.82 Å². The van der Waals surface area contributed by atoms with Crippen molar-refractivity contribution in [2.24, 2.45) is 0 Å². The molecule has 11 nitrogen and oxygen atoms in total. The van der Waals surface area contributed by atoms with E-state index in [2.05, 4.69) is 48.5 Å². The SMILES string of the molecule is C=CCN1CCN(C2CCN(c3cc(OC)c(Nc4cc(N5OCC[C@@H]5c5ccc(Cl)cc5F)ncn4)cc3NC(=O)C=C)CC2)CC1. The number of nitrogens with one attached hydrogen (secondary N) is 2. The first kappa shape index (κ1) is 33.7. The third-order valence-electron chi connectivity index (χ3n) is 9.24. The van der Waals surface area contributed by atoms with Gasteiger partial charge in [-0.15, -0.1) is 6.58 Å². The molecule has 3 fully saturated rings.